The lowest BCUT2D eigenvalue weighted by molar-refractivity contribution is -0.154. The molecule has 2 N–H and O–H groups in total. The van der Waals surface area contributed by atoms with Crippen LogP contribution in [0.1, 0.15) is 49.9 Å². The van der Waals surface area contributed by atoms with Gasteiger partial charge < -0.3 is 15.4 Å². The first-order chi connectivity index (χ1) is 12.4. The maximum Gasteiger partial charge on any atom is 0.326 e. The number of carbonyl (C=O) groups is 3. The van der Waals surface area contributed by atoms with E-state index in [1.54, 1.807) is 0 Å². The molecule has 0 aliphatic heterocycles. The second-order valence-electron chi connectivity index (χ2n) is 6.67. The summed E-state index contributed by atoms with van der Waals surface area (Å²) in [7, 11) is 0. The molecule has 2 amide bonds. The second kappa shape index (κ2) is 9.31. The number of benzene rings is 1. The summed E-state index contributed by atoms with van der Waals surface area (Å²) in [5.74, 6) is -2.09. The van der Waals surface area contributed by atoms with E-state index in [2.05, 4.69) is 17.6 Å². The highest BCUT2D eigenvalue weighted by molar-refractivity contribution is 5.96. The number of carbonyl (C=O) groups excluding carboxylic acids is 3. The fraction of sp³-hybridized carbons (Fsp3) is 0.526. The largest absolute Gasteiger partial charge is 0.451 e. The van der Waals surface area contributed by atoms with E-state index in [4.69, 9.17) is 4.74 Å². The molecule has 0 bridgehead atoms. The van der Waals surface area contributed by atoms with Crippen molar-refractivity contribution in [1.82, 2.24) is 10.6 Å². The van der Waals surface area contributed by atoms with Gasteiger partial charge in [0.15, 0.2) is 6.10 Å². The van der Waals surface area contributed by atoms with Crippen LogP contribution in [0.4, 0.5) is 4.39 Å². The van der Waals surface area contributed by atoms with Crippen LogP contribution in [0.2, 0.25) is 0 Å². The van der Waals surface area contributed by atoms with Crippen molar-refractivity contribution in [3.63, 3.8) is 0 Å². The maximum absolute atomic E-state index is 13.5. The molecule has 0 spiro atoms. The number of ether oxygens (including phenoxy) is 1. The minimum atomic E-state index is -0.956. The van der Waals surface area contributed by atoms with Gasteiger partial charge in [-0.3, -0.25) is 14.4 Å². The van der Waals surface area contributed by atoms with E-state index in [1.165, 1.54) is 31.5 Å². The van der Waals surface area contributed by atoms with Crippen molar-refractivity contribution in [3.8, 4) is 0 Å². The van der Waals surface area contributed by atoms with E-state index >= 15 is 0 Å². The molecule has 26 heavy (non-hydrogen) atoms. The van der Waals surface area contributed by atoms with Crippen molar-refractivity contribution < 1.29 is 23.5 Å². The number of hydrogen-bond donors (Lipinski definition) is 2. The molecule has 6 nitrogen and oxygen atoms in total. The fourth-order valence-electron chi connectivity index (χ4n) is 3.02. The Morgan fingerprint density at radius 1 is 1.23 bits per heavy atom. The van der Waals surface area contributed by atoms with Gasteiger partial charge in [-0.2, -0.15) is 0 Å². The van der Waals surface area contributed by atoms with E-state index in [9.17, 15) is 18.8 Å². The standard InChI is InChI=1S/C19H25FN2O4/c1-12-7-3-6-10-16(12)22-18(24)13(2)26-17(23)11-21-19(25)14-8-4-5-9-15(14)20/h4-5,8-9,12-13,16H,3,6-7,10-11H2,1-2H3,(H,21,25)(H,22,24)/t12-,13+,16-/m0/s1. The summed E-state index contributed by atoms with van der Waals surface area (Å²) in [4.78, 5) is 35.8. The summed E-state index contributed by atoms with van der Waals surface area (Å²) < 4.78 is 18.6. The van der Waals surface area contributed by atoms with Gasteiger partial charge in [0.05, 0.1) is 5.56 Å². The maximum atomic E-state index is 13.5. The van der Waals surface area contributed by atoms with E-state index in [1.807, 2.05) is 0 Å². The lowest BCUT2D eigenvalue weighted by atomic mass is 9.86. The third kappa shape index (κ3) is 5.54. The van der Waals surface area contributed by atoms with E-state index in [-0.39, 0.29) is 17.5 Å². The molecular weight excluding hydrogens is 339 g/mol. The minimum absolute atomic E-state index is 0.0955. The third-order valence-electron chi connectivity index (χ3n) is 4.63. The van der Waals surface area contributed by atoms with Crippen LogP contribution in [0.3, 0.4) is 0 Å². The van der Waals surface area contributed by atoms with E-state index in [0.717, 1.165) is 25.3 Å². The van der Waals surface area contributed by atoms with Gasteiger partial charge in [0.2, 0.25) is 0 Å². The summed E-state index contributed by atoms with van der Waals surface area (Å²) in [6.45, 7) is 3.14. The molecule has 0 saturated heterocycles. The van der Waals surface area contributed by atoms with Crippen molar-refractivity contribution in [1.29, 1.82) is 0 Å². The average Bonchev–Trinajstić information content (AvgIpc) is 2.62. The summed E-state index contributed by atoms with van der Waals surface area (Å²) in [6.07, 6.45) is 3.28. The molecule has 1 aromatic rings. The van der Waals surface area contributed by atoms with Crippen molar-refractivity contribution in [3.05, 3.63) is 35.6 Å². The highest BCUT2D eigenvalue weighted by Crippen LogP contribution is 2.23. The number of esters is 1. The van der Waals surface area contributed by atoms with Crippen molar-refractivity contribution in [2.24, 2.45) is 5.92 Å². The Hall–Kier alpha value is -2.44. The van der Waals surface area contributed by atoms with Crippen LogP contribution in [0.5, 0.6) is 0 Å². The van der Waals surface area contributed by atoms with Crippen LogP contribution in [-0.4, -0.2) is 36.5 Å². The number of rotatable bonds is 6. The number of nitrogens with one attached hydrogen (secondary N) is 2. The van der Waals surface area contributed by atoms with Crippen LogP contribution in [0, 0.1) is 11.7 Å². The molecule has 2 rings (SSSR count). The average molecular weight is 364 g/mol. The van der Waals surface area contributed by atoms with E-state index < -0.39 is 30.3 Å². The summed E-state index contributed by atoms with van der Waals surface area (Å²) in [6, 6.07) is 5.56. The van der Waals surface area contributed by atoms with Gasteiger partial charge in [0.1, 0.15) is 12.4 Å². The topological polar surface area (TPSA) is 84.5 Å². The number of amides is 2. The van der Waals surface area contributed by atoms with E-state index in [0.29, 0.717) is 5.92 Å². The Balaban J connectivity index is 1.76. The van der Waals surface area contributed by atoms with Gasteiger partial charge in [-0.1, -0.05) is 31.9 Å². The molecule has 0 unspecified atom stereocenters. The Bertz CT molecular complexity index is 665. The normalized spacial score (nSPS) is 20.7. The fourth-order valence-corrected chi connectivity index (χ4v) is 3.02. The summed E-state index contributed by atoms with van der Waals surface area (Å²) in [5.41, 5.74) is -0.155. The molecule has 0 radical (unpaired) electrons. The van der Waals surface area contributed by atoms with Crippen LogP contribution >= 0.6 is 0 Å². The molecule has 1 saturated carbocycles. The molecule has 1 aromatic carbocycles. The lowest BCUT2D eigenvalue weighted by Crippen LogP contribution is -2.46. The summed E-state index contributed by atoms with van der Waals surface area (Å²) >= 11 is 0. The third-order valence-corrected chi connectivity index (χ3v) is 4.63. The van der Waals surface area contributed by atoms with Gasteiger partial charge in [0.25, 0.3) is 11.8 Å². The highest BCUT2D eigenvalue weighted by atomic mass is 19.1. The van der Waals surface area contributed by atoms with Gasteiger partial charge in [0, 0.05) is 6.04 Å². The Kier molecular flexibility index (Phi) is 7.12. The Labute approximate surface area is 152 Å². The van der Waals surface area contributed by atoms with Gasteiger partial charge >= 0.3 is 5.97 Å². The van der Waals surface area contributed by atoms with Crippen molar-refractivity contribution >= 4 is 17.8 Å². The van der Waals surface area contributed by atoms with Crippen molar-refractivity contribution in [2.45, 2.75) is 51.7 Å². The predicted octanol–water partition coefficient (Wildman–Crippen LogP) is 2.18. The SMILES string of the molecule is C[C@@H](OC(=O)CNC(=O)c1ccccc1F)C(=O)N[C@H]1CCCC[C@@H]1C. The number of hydrogen-bond acceptors (Lipinski definition) is 4. The highest BCUT2D eigenvalue weighted by Gasteiger charge is 2.26. The predicted molar refractivity (Wildman–Crippen MR) is 93.8 cm³/mol. The van der Waals surface area contributed by atoms with Crippen LogP contribution in [-0.2, 0) is 14.3 Å². The molecule has 1 fully saturated rings. The first-order valence-electron chi connectivity index (χ1n) is 8.91. The monoisotopic (exact) mass is 364 g/mol. The quantitative estimate of drug-likeness (QED) is 0.758. The zero-order valence-corrected chi connectivity index (χ0v) is 15.1. The molecule has 142 valence electrons. The van der Waals surface area contributed by atoms with Crippen LogP contribution in [0.15, 0.2) is 24.3 Å². The molecule has 0 heterocycles. The number of halogens is 1. The zero-order valence-electron chi connectivity index (χ0n) is 15.1. The lowest BCUT2D eigenvalue weighted by Gasteiger charge is -2.30. The van der Waals surface area contributed by atoms with Crippen LogP contribution in [0.25, 0.3) is 0 Å². The molecular formula is C19H25FN2O4. The first-order valence-corrected chi connectivity index (χ1v) is 8.91. The van der Waals surface area contributed by atoms with Crippen LogP contribution < -0.4 is 10.6 Å². The van der Waals surface area contributed by atoms with Crippen molar-refractivity contribution in [2.75, 3.05) is 6.54 Å². The molecule has 1 aliphatic carbocycles. The first kappa shape index (κ1) is 19.9. The Morgan fingerprint density at radius 2 is 1.92 bits per heavy atom. The molecule has 0 aromatic heterocycles. The van der Waals surface area contributed by atoms with Gasteiger partial charge in [-0.15, -0.1) is 0 Å². The Morgan fingerprint density at radius 3 is 2.62 bits per heavy atom. The smallest absolute Gasteiger partial charge is 0.326 e. The second-order valence-corrected chi connectivity index (χ2v) is 6.67. The molecule has 7 heteroatoms. The molecule has 1 aliphatic rings. The zero-order chi connectivity index (χ0) is 19.1. The van der Waals surface area contributed by atoms with Gasteiger partial charge in [-0.05, 0) is 37.8 Å². The minimum Gasteiger partial charge on any atom is -0.451 e. The molecule has 3 atom stereocenters. The van der Waals surface area contributed by atoms with Gasteiger partial charge in [-0.25, -0.2) is 4.39 Å². The summed E-state index contributed by atoms with van der Waals surface area (Å²) in [5, 5.41) is 5.21.